The number of carbonyl (C=O) groups is 1. The Hall–Kier alpha value is -2.12. The van der Waals surface area contributed by atoms with Crippen molar-refractivity contribution in [3.8, 4) is 0 Å². The molecule has 26 heavy (non-hydrogen) atoms. The highest BCUT2D eigenvalue weighted by atomic mass is 32.2. The third kappa shape index (κ3) is 4.16. The van der Waals surface area contributed by atoms with Crippen LogP contribution in [-0.2, 0) is 24.2 Å². The van der Waals surface area contributed by atoms with Crippen molar-refractivity contribution in [3.05, 3.63) is 51.1 Å². The highest BCUT2D eigenvalue weighted by Gasteiger charge is 2.22. The van der Waals surface area contributed by atoms with Gasteiger partial charge in [-0.25, -0.2) is 4.79 Å². The van der Waals surface area contributed by atoms with E-state index in [2.05, 4.69) is 16.4 Å². The number of rotatable bonds is 6. The summed E-state index contributed by atoms with van der Waals surface area (Å²) >= 11 is 1.30. The third-order valence-electron chi connectivity index (χ3n) is 4.37. The number of amides is 1. The summed E-state index contributed by atoms with van der Waals surface area (Å²) in [6.07, 6.45) is 2.64. The molecule has 138 valence electrons. The van der Waals surface area contributed by atoms with Gasteiger partial charge in [-0.2, -0.15) is 4.98 Å². The summed E-state index contributed by atoms with van der Waals surface area (Å²) < 4.78 is 1.56. The van der Waals surface area contributed by atoms with Crippen LogP contribution in [0.5, 0.6) is 0 Å². The van der Waals surface area contributed by atoms with Gasteiger partial charge in [0.05, 0.1) is 18.9 Å². The highest BCUT2D eigenvalue weighted by Crippen LogP contribution is 2.29. The van der Waals surface area contributed by atoms with Crippen LogP contribution in [0.3, 0.4) is 0 Å². The molecule has 1 aliphatic rings. The fourth-order valence-electron chi connectivity index (χ4n) is 3.41. The molecule has 1 aromatic heterocycles. The summed E-state index contributed by atoms with van der Waals surface area (Å²) in [7, 11) is 0. The summed E-state index contributed by atoms with van der Waals surface area (Å²) in [5.41, 5.74) is 4.62. The van der Waals surface area contributed by atoms with Crippen LogP contribution >= 0.6 is 11.8 Å². The van der Waals surface area contributed by atoms with Gasteiger partial charge in [0.15, 0.2) is 0 Å². The van der Waals surface area contributed by atoms with Crippen LogP contribution in [0.15, 0.2) is 28.0 Å². The van der Waals surface area contributed by atoms with Crippen molar-refractivity contribution in [3.63, 3.8) is 0 Å². The Morgan fingerprint density at radius 3 is 2.69 bits per heavy atom. The van der Waals surface area contributed by atoms with Crippen molar-refractivity contribution in [2.75, 3.05) is 17.7 Å². The summed E-state index contributed by atoms with van der Waals surface area (Å²) in [6.45, 7) is 4.17. The van der Waals surface area contributed by atoms with Crippen molar-refractivity contribution < 1.29 is 9.90 Å². The van der Waals surface area contributed by atoms with Gasteiger partial charge in [0, 0.05) is 16.9 Å². The maximum absolute atomic E-state index is 12.3. The van der Waals surface area contributed by atoms with Gasteiger partial charge in [0.1, 0.15) is 5.03 Å². The number of aryl methyl sites for hydroxylation is 2. The Labute approximate surface area is 156 Å². The number of thioether (sulfide) groups is 1. The highest BCUT2D eigenvalue weighted by molar-refractivity contribution is 8.00. The van der Waals surface area contributed by atoms with Crippen LogP contribution in [0.1, 0.15) is 28.8 Å². The SMILES string of the molecule is Cc1cc(C)cc(NC(=O)CSc2nc(=O)n(CCO)c3c2CCC3)c1. The predicted octanol–water partition coefficient (Wildman–Crippen LogP) is 2.07. The van der Waals surface area contributed by atoms with Crippen molar-refractivity contribution in [2.24, 2.45) is 0 Å². The molecule has 6 nitrogen and oxygen atoms in total. The second kappa shape index (κ2) is 8.05. The second-order valence-corrected chi connectivity index (χ2v) is 7.53. The zero-order valence-electron chi connectivity index (χ0n) is 15.0. The Kier molecular flexibility index (Phi) is 5.78. The molecule has 1 heterocycles. The molecule has 2 aromatic rings. The molecule has 3 rings (SSSR count). The fraction of sp³-hybridized carbons (Fsp3) is 0.421. The molecular formula is C19H23N3O3S. The van der Waals surface area contributed by atoms with Gasteiger partial charge in [-0.1, -0.05) is 17.8 Å². The fourth-order valence-corrected chi connectivity index (χ4v) is 4.29. The molecule has 0 saturated heterocycles. The van der Waals surface area contributed by atoms with Crippen LogP contribution in [0, 0.1) is 13.8 Å². The van der Waals surface area contributed by atoms with Gasteiger partial charge >= 0.3 is 5.69 Å². The molecular weight excluding hydrogens is 350 g/mol. The number of hydrogen-bond acceptors (Lipinski definition) is 5. The molecule has 0 atom stereocenters. The lowest BCUT2D eigenvalue weighted by atomic mass is 10.1. The Bertz CT molecular complexity index is 872. The monoisotopic (exact) mass is 373 g/mol. The minimum absolute atomic E-state index is 0.0845. The first kappa shape index (κ1) is 18.7. The molecule has 0 radical (unpaired) electrons. The summed E-state index contributed by atoms with van der Waals surface area (Å²) in [5.74, 6) is 0.0867. The van der Waals surface area contributed by atoms with E-state index in [1.807, 2.05) is 26.0 Å². The maximum atomic E-state index is 12.3. The van der Waals surface area contributed by atoms with Crippen molar-refractivity contribution in [1.29, 1.82) is 0 Å². The lowest BCUT2D eigenvalue weighted by molar-refractivity contribution is -0.113. The molecule has 0 spiro atoms. The van der Waals surface area contributed by atoms with Crippen LogP contribution in [0.2, 0.25) is 0 Å². The van der Waals surface area contributed by atoms with Crippen molar-refractivity contribution in [2.45, 2.75) is 44.7 Å². The first-order valence-corrected chi connectivity index (χ1v) is 9.71. The zero-order chi connectivity index (χ0) is 18.7. The molecule has 0 unspecified atom stereocenters. The first-order valence-electron chi connectivity index (χ1n) is 8.72. The van der Waals surface area contributed by atoms with E-state index < -0.39 is 0 Å². The van der Waals surface area contributed by atoms with Gasteiger partial charge in [-0.05, 0) is 56.4 Å². The summed E-state index contributed by atoms with van der Waals surface area (Å²) in [4.78, 5) is 28.7. The number of anilines is 1. The van der Waals surface area contributed by atoms with E-state index in [1.165, 1.54) is 11.8 Å². The average molecular weight is 373 g/mol. The number of hydrogen-bond donors (Lipinski definition) is 2. The maximum Gasteiger partial charge on any atom is 0.348 e. The van der Waals surface area contributed by atoms with E-state index in [-0.39, 0.29) is 30.5 Å². The number of aliphatic hydroxyl groups is 1. The van der Waals surface area contributed by atoms with Crippen LogP contribution < -0.4 is 11.0 Å². The molecule has 0 aliphatic heterocycles. The van der Waals surface area contributed by atoms with Crippen LogP contribution in [-0.4, -0.2) is 32.9 Å². The molecule has 0 bridgehead atoms. The zero-order valence-corrected chi connectivity index (χ0v) is 15.9. The number of aromatic nitrogens is 2. The molecule has 1 amide bonds. The van der Waals surface area contributed by atoms with Gasteiger partial charge in [0.25, 0.3) is 0 Å². The number of aliphatic hydroxyl groups excluding tert-OH is 1. The Morgan fingerprint density at radius 2 is 2.00 bits per heavy atom. The largest absolute Gasteiger partial charge is 0.395 e. The number of nitrogens with one attached hydrogen (secondary N) is 1. The third-order valence-corrected chi connectivity index (χ3v) is 5.39. The van der Waals surface area contributed by atoms with E-state index in [4.69, 9.17) is 5.11 Å². The summed E-state index contributed by atoms with van der Waals surface area (Å²) in [6, 6.07) is 5.92. The van der Waals surface area contributed by atoms with Gasteiger partial charge in [0.2, 0.25) is 5.91 Å². The number of benzene rings is 1. The van der Waals surface area contributed by atoms with Gasteiger partial charge < -0.3 is 10.4 Å². The van der Waals surface area contributed by atoms with Gasteiger partial charge in [-0.15, -0.1) is 0 Å². The van der Waals surface area contributed by atoms with E-state index in [0.717, 1.165) is 47.3 Å². The second-order valence-electron chi connectivity index (χ2n) is 6.57. The van der Waals surface area contributed by atoms with E-state index >= 15 is 0 Å². The minimum atomic E-state index is -0.350. The number of nitrogens with zero attached hydrogens (tertiary/aromatic N) is 2. The smallest absolute Gasteiger partial charge is 0.348 e. The van der Waals surface area contributed by atoms with Crippen molar-refractivity contribution >= 4 is 23.4 Å². The Balaban J connectivity index is 1.72. The standard InChI is InChI=1S/C19H23N3O3S/c1-12-8-13(2)10-14(9-12)20-17(24)11-26-18-15-4-3-5-16(15)22(6-7-23)19(25)21-18/h8-10,23H,3-7,11H2,1-2H3,(H,20,24). The molecule has 0 fully saturated rings. The normalized spacial score (nSPS) is 12.9. The molecule has 2 N–H and O–H groups in total. The van der Waals surface area contributed by atoms with Gasteiger partial charge in [-0.3, -0.25) is 9.36 Å². The molecule has 7 heteroatoms. The first-order chi connectivity index (χ1) is 12.5. The van der Waals surface area contributed by atoms with E-state index in [0.29, 0.717) is 5.03 Å². The quantitative estimate of drug-likeness (QED) is 0.598. The Morgan fingerprint density at radius 1 is 1.27 bits per heavy atom. The van der Waals surface area contributed by atoms with E-state index in [9.17, 15) is 9.59 Å². The predicted molar refractivity (Wildman–Crippen MR) is 103 cm³/mol. The molecule has 0 saturated carbocycles. The van der Waals surface area contributed by atoms with Crippen molar-refractivity contribution in [1.82, 2.24) is 9.55 Å². The molecule has 1 aromatic carbocycles. The topological polar surface area (TPSA) is 84.2 Å². The van der Waals surface area contributed by atoms with Crippen LogP contribution in [0.4, 0.5) is 5.69 Å². The lowest BCUT2D eigenvalue weighted by Gasteiger charge is -2.13. The lowest BCUT2D eigenvalue weighted by Crippen LogP contribution is -2.28. The average Bonchev–Trinajstić information content (AvgIpc) is 3.04. The minimum Gasteiger partial charge on any atom is -0.395 e. The number of fused-ring (bicyclic) bond motifs is 1. The number of carbonyl (C=O) groups excluding carboxylic acids is 1. The molecule has 1 aliphatic carbocycles. The summed E-state index contributed by atoms with van der Waals surface area (Å²) in [5, 5.41) is 12.7. The van der Waals surface area contributed by atoms with E-state index in [1.54, 1.807) is 4.57 Å². The van der Waals surface area contributed by atoms with Crippen LogP contribution in [0.25, 0.3) is 0 Å².